The number of halogens is 2. The molecular weight excluding hydrogens is 342 g/mol. The minimum Gasteiger partial charge on any atom is -0.471 e. The zero-order valence-electron chi connectivity index (χ0n) is 14.5. The molecule has 0 aliphatic carbocycles. The summed E-state index contributed by atoms with van der Waals surface area (Å²) in [6.07, 6.45) is 0.879. The van der Waals surface area contributed by atoms with E-state index in [4.69, 9.17) is 15.2 Å². The molecule has 138 valence electrons. The number of alkyl halides is 2. The summed E-state index contributed by atoms with van der Waals surface area (Å²) in [4.78, 5) is 10.6. The van der Waals surface area contributed by atoms with Crippen LogP contribution in [-0.4, -0.2) is 34.1 Å². The summed E-state index contributed by atoms with van der Waals surface area (Å²) in [5.41, 5.74) is 9.84. The fourth-order valence-electron chi connectivity index (χ4n) is 3.47. The lowest BCUT2D eigenvalue weighted by atomic mass is 9.98. The molecule has 1 fully saturated rings. The van der Waals surface area contributed by atoms with Gasteiger partial charge in [0.2, 0.25) is 5.88 Å². The van der Waals surface area contributed by atoms with E-state index in [9.17, 15) is 8.78 Å². The van der Waals surface area contributed by atoms with E-state index in [1.807, 2.05) is 12.1 Å². The zero-order valence-corrected chi connectivity index (χ0v) is 14.5. The van der Waals surface area contributed by atoms with Gasteiger partial charge in [0.1, 0.15) is 18.1 Å². The Hall–Kier alpha value is -2.32. The number of nitrogen functional groups attached to an aromatic ring is 1. The molecule has 1 saturated heterocycles. The van der Waals surface area contributed by atoms with Crippen LogP contribution in [0.5, 0.6) is 5.88 Å². The number of nitrogens with two attached hydrogens (primary N) is 1. The summed E-state index contributed by atoms with van der Waals surface area (Å²) in [5.74, 6) is 0.762. The smallest absolute Gasteiger partial charge is 0.272 e. The highest BCUT2D eigenvalue weighted by Gasteiger charge is 2.51. The summed E-state index contributed by atoms with van der Waals surface area (Å²) >= 11 is 0. The number of ether oxygens (including phenoxy) is 2. The predicted octanol–water partition coefficient (Wildman–Crippen LogP) is 2.99. The molecule has 4 rings (SSSR count). The largest absolute Gasteiger partial charge is 0.471 e. The van der Waals surface area contributed by atoms with Crippen molar-refractivity contribution in [3.8, 4) is 5.88 Å². The summed E-state index contributed by atoms with van der Waals surface area (Å²) in [6.45, 7) is 3.84. The number of aromatic nitrogens is 2. The Balaban J connectivity index is 1.54. The maximum atomic E-state index is 12.3. The highest BCUT2D eigenvalue weighted by atomic mass is 19.3. The minimum absolute atomic E-state index is 0.00867. The highest BCUT2D eigenvalue weighted by molar-refractivity contribution is 5.48. The summed E-state index contributed by atoms with van der Waals surface area (Å²) in [7, 11) is 0. The molecular formula is C18H20F2N4O2. The normalized spacial score (nSPS) is 22.7. The first-order chi connectivity index (χ1) is 12.5. The van der Waals surface area contributed by atoms with Crippen LogP contribution in [0.1, 0.15) is 41.3 Å². The van der Waals surface area contributed by atoms with Crippen molar-refractivity contribution in [2.45, 2.75) is 45.2 Å². The average molecular weight is 362 g/mol. The summed E-state index contributed by atoms with van der Waals surface area (Å²) < 4.78 is 35.5. The second-order valence-electron chi connectivity index (χ2n) is 6.65. The van der Waals surface area contributed by atoms with E-state index in [2.05, 4.69) is 21.8 Å². The predicted molar refractivity (Wildman–Crippen MR) is 90.7 cm³/mol. The molecule has 4 heterocycles. The number of fused-ring (bicyclic) bond motifs is 3. The van der Waals surface area contributed by atoms with Gasteiger partial charge in [-0.1, -0.05) is 0 Å². The lowest BCUT2D eigenvalue weighted by Gasteiger charge is -2.31. The van der Waals surface area contributed by atoms with Crippen LogP contribution in [0.3, 0.4) is 0 Å². The molecule has 0 amide bonds. The lowest BCUT2D eigenvalue weighted by Crippen LogP contribution is -2.33. The average Bonchev–Trinajstić information content (AvgIpc) is 3.40. The fourth-order valence-corrected chi connectivity index (χ4v) is 3.47. The second-order valence-corrected chi connectivity index (χ2v) is 6.65. The molecule has 0 saturated carbocycles. The number of pyridine rings is 2. The molecule has 0 bridgehead atoms. The minimum atomic E-state index is -2.52. The molecule has 2 aliphatic rings. The van der Waals surface area contributed by atoms with Crippen molar-refractivity contribution >= 4 is 5.82 Å². The molecule has 0 aromatic carbocycles. The molecule has 3 unspecified atom stereocenters. The van der Waals surface area contributed by atoms with Gasteiger partial charge in [0.05, 0.1) is 0 Å². The van der Waals surface area contributed by atoms with Gasteiger partial charge in [-0.15, -0.1) is 0 Å². The first-order valence-electron chi connectivity index (χ1n) is 8.47. The number of hydrogen-bond donors (Lipinski definition) is 1. The van der Waals surface area contributed by atoms with Gasteiger partial charge in [0.15, 0.2) is 6.61 Å². The highest BCUT2D eigenvalue weighted by Crippen LogP contribution is 2.50. The summed E-state index contributed by atoms with van der Waals surface area (Å²) in [6, 6.07) is 3.89. The molecule has 8 heteroatoms. The van der Waals surface area contributed by atoms with Crippen molar-refractivity contribution in [2.75, 3.05) is 12.3 Å². The first-order valence-corrected chi connectivity index (χ1v) is 8.47. The van der Waals surface area contributed by atoms with Crippen molar-refractivity contribution in [1.82, 2.24) is 14.9 Å². The van der Waals surface area contributed by atoms with E-state index in [0.717, 1.165) is 22.3 Å². The van der Waals surface area contributed by atoms with Gasteiger partial charge in [-0.2, -0.15) is 0 Å². The topological polar surface area (TPSA) is 76.8 Å². The van der Waals surface area contributed by atoms with E-state index in [0.29, 0.717) is 12.4 Å². The third-order valence-corrected chi connectivity index (χ3v) is 4.95. The first kappa shape index (κ1) is 17.1. The maximum absolute atomic E-state index is 12.3. The van der Waals surface area contributed by atoms with Gasteiger partial charge < -0.3 is 15.2 Å². The van der Waals surface area contributed by atoms with Gasteiger partial charge in [0, 0.05) is 36.1 Å². The van der Waals surface area contributed by atoms with E-state index >= 15 is 0 Å². The van der Waals surface area contributed by atoms with Crippen molar-refractivity contribution in [1.29, 1.82) is 0 Å². The SMILES string of the molecule is Cc1cc(C(C)N2Cc3c(ccnc3N)C3OC32)cnc1OCC(F)F. The molecule has 2 aromatic heterocycles. The van der Waals surface area contributed by atoms with Crippen LogP contribution in [0.25, 0.3) is 0 Å². The number of nitrogens with zero attached hydrogens (tertiary/aromatic N) is 3. The zero-order chi connectivity index (χ0) is 18.4. The Labute approximate surface area is 149 Å². The van der Waals surface area contributed by atoms with Crippen LogP contribution >= 0.6 is 0 Å². The van der Waals surface area contributed by atoms with E-state index in [1.165, 1.54) is 0 Å². The summed E-state index contributed by atoms with van der Waals surface area (Å²) in [5, 5.41) is 0. The molecule has 2 aliphatic heterocycles. The van der Waals surface area contributed by atoms with E-state index in [-0.39, 0.29) is 24.3 Å². The molecule has 2 N–H and O–H groups in total. The van der Waals surface area contributed by atoms with Crippen LogP contribution < -0.4 is 10.5 Å². The number of rotatable bonds is 5. The van der Waals surface area contributed by atoms with Gasteiger partial charge in [-0.05, 0) is 37.1 Å². The Kier molecular flexibility index (Phi) is 4.24. The lowest BCUT2D eigenvalue weighted by molar-refractivity contribution is 0.0790. The maximum Gasteiger partial charge on any atom is 0.272 e. The number of aryl methyl sites for hydroxylation is 1. The fraction of sp³-hybridized carbons (Fsp3) is 0.444. The standard InChI is InChI=1S/C18H20F2N4O2/c1-9-5-11(6-23-17(9)25-8-14(19)20)10(2)24-7-13-12(15-18(24)26-15)3-4-22-16(13)21/h3-6,10,14-15,18H,7-8H2,1-2H3,(H2,21,22). The number of anilines is 1. The van der Waals surface area contributed by atoms with E-state index < -0.39 is 13.0 Å². The van der Waals surface area contributed by atoms with Crippen molar-refractivity contribution in [3.05, 3.63) is 46.8 Å². The van der Waals surface area contributed by atoms with Crippen molar-refractivity contribution in [3.63, 3.8) is 0 Å². The number of epoxide rings is 1. The molecule has 0 spiro atoms. The number of hydrogen-bond acceptors (Lipinski definition) is 6. The van der Waals surface area contributed by atoms with Gasteiger partial charge in [-0.3, -0.25) is 4.90 Å². The van der Waals surface area contributed by atoms with Crippen LogP contribution in [0.4, 0.5) is 14.6 Å². The van der Waals surface area contributed by atoms with Crippen LogP contribution in [0.2, 0.25) is 0 Å². The molecule has 3 atom stereocenters. The van der Waals surface area contributed by atoms with Gasteiger partial charge in [-0.25, -0.2) is 18.7 Å². The molecule has 26 heavy (non-hydrogen) atoms. The van der Waals surface area contributed by atoms with Crippen molar-refractivity contribution in [2.24, 2.45) is 0 Å². The van der Waals surface area contributed by atoms with Crippen LogP contribution in [0, 0.1) is 6.92 Å². The van der Waals surface area contributed by atoms with Crippen molar-refractivity contribution < 1.29 is 18.3 Å². The molecule has 2 aromatic rings. The molecule has 0 radical (unpaired) electrons. The van der Waals surface area contributed by atoms with Gasteiger partial charge in [0.25, 0.3) is 6.43 Å². The Morgan fingerprint density at radius 2 is 2.23 bits per heavy atom. The third kappa shape index (κ3) is 2.99. The van der Waals surface area contributed by atoms with Gasteiger partial charge >= 0.3 is 0 Å². The monoisotopic (exact) mass is 362 g/mol. The van der Waals surface area contributed by atoms with Crippen LogP contribution in [-0.2, 0) is 11.3 Å². The third-order valence-electron chi connectivity index (χ3n) is 4.95. The molecule has 6 nitrogen and oxygen atoms in total. The second kappa shape index (κ2) is 6.44. The Morgan fingerprint density at radius 3 is 2.96 bits per heavy atom. The Morgan fingerprint density at radius 1 is 1.42 bits per heavy atom. The quantitative estimate of drug-likeness (QED) is 0.824. The van der Waals surface area contributed by atoms with E-state index in [1.54, 1.807) is 19.3 Å². The Bertz CT molecular complexity index is 833. The van der Waals surface area contributed by atoms with Crippen LogP contribution in [0.15, 0.2) is 24.5 Å².